The normalized spacial score (nSPS) is 12.2. The second-order valence-corrected chi connectivity index (χ2v) is 5.85. The molecule has 0 bridgehead atoms. The lowest BCUT2D eigenvalue weighted by Crippen LogP contribution is -2.21. The molecule has 0 N–H and O–H groups in total. The van der Waals surface area contributed by atoms with E-state index in [1.807, 2.05) is 12.1 Å². The van der Waals surface area contributed by atoms with Crippen molar-refractivity contribution < 1.29 is 9.53 Å². The molecular formula is C16H13Cl3O2. The summed E-state index contributed by atoms with van der Waals surface area (Å²) in [4.78, 5) is 12.3. The summed E-state index contributed by atoms with van der Waals surface area (Å²) in [6, 6.07) is 12.1. The van der Waals surface area contributed by atoms with Gasteiger partial charge < -0.3 is 4.74 Å². The molecule has 21 heavy (non-hydrogen) atoms. The first-order valence-electron chi connectivity index (χ1n) is 6.32. The standard InChI is InChI=1S/C16H13Cl3O2/c1-10(21-9-11-2-4-12(17)5-3-11)16(20)14-7-6-13(18)8-15(14)19/h2-8,10H,9H2,1H3. The molecule has 0 aliphatic carbocycles. The number of hydrogen-bond acceptors (Lipinski definition) is 2. The van der Waals surface area contributed by atoms with Crippen LogP contribution < -0.4 is 0 Å². The van der Waals surface area contributed by atoms with E-state index in [2.05, 4.69) is 0 Å². The topological polar surface area (TPSA) is 26.3 Å². The van der Waals surface area contributed by atoms with E-state index in [1.165, 1.54) is 0 Å². The van der Waals surface area contributed by atoms with E-state index in [1.54, 1.807) is 37.3 Å². The predicted octanol–water partition coefficient (Wildman–Crippen LogP) is 5.43. The van der Waals surface area contributed by atoms with E-state index < -0.39 is 6.10 Å². The lowest BCUT2D eigenvalue weighted by molar-refractivity contribution is 0.0412. The van der Waals surface area contributed by atoms with Crippen molar-refractivity contribution >= 4 is 40.6 Å². The fourth-order valence-corrected chi connectivity index (χ4v) is 2.41. The van der Waals surface area contributed by atoms with E-state index in [0.29, 0.717) is 27.2 Å². The van der Waals surface area contributed by atoms with Crippen molar-refractivity contribution in [1.82, 2.24) is 0 Å². The zero-order valence-electron chi connectivity index (χ0n) is 11.3. The largest absolute Gasteiger partial charge is 0.366 e. The molecule has 2 aromatic carbocycles. The summed E-state index contributed by atoms with van der Waals surface area (Å²) in [6.45, 7) is 2.03. The molecule has 1 unspecified atom stereocenters. The number of ketones is 1. The molecule has 2 nitrogen and oxygen atoms in total. The Hall–Kier alpha value is -1.06. The molecule has 0 aliphatic rings. The van der Waals surface area contributed by atoms with Gasteiger partial charge in [0, 0.05) is 15.6 Å². The number of rotatable bonds is 5. The number of ether oxygens (including phenoxy) is 1. The van der Waals surface area contributed by atoms with Gasteiger partial charge in [-0.25, -0.2) is 0 Å². The minimum absolute atomic E-state index is 0.175. The van der Waals surface area contributed by atoms with E-state index in [9.17, 15) is 4.79 Å². The summed E-state index contributed by atoms with van der Waals surface area (Å²) in [5, 5.41) is 1.48. The van der Waals surface area contributed by atoms with Crippen molar-refractivity contribution in [3.8, 4) is 0 Å². The molecule has 0 aromatic heterocycles. The first kappa shape index (κ1) is 16.3. The highest BCUT2D eigenvalue weighted by Crippen LogP contribution is 2.23. The van der Waals surface area contributed by atoms with Gasteiger partial charge in [-0.2, -0.15) is 0 Å². The van der Waals surface area contributed by atoms with Crippen LogP contribution >= 0.6 is 34.8 Å². The SMILES string of the molecule is CC(OCc1ccc(Cl)cc1)C(=O)c1ccc(Cl)cc1Cl. The van der Waals surface area contributed by atoms with Crippen molar-refractivity contribution in [3.63, 3.8) is 0 Å². The van der Waals surface area contributed by atoms with Crippen molar-refractivity contribution in [2.75, 3.05) is 0 Å². The van der Waals surface area contributed by atoms with Crippen molar-refractivity contribution in [2.24, 2.45) is 0 Å². The molecule has 0 amide bonds. The number of carbonyl (C=O) groups is 1. The predicted molar refractivity (Wildman–Crippen MR) is 86.5 cm³/mol. The number of benzene rings is 2. The summed E-state index contributed by atoms with van der Waals surface area (Å²) in [6.07, 6.45) is -0.598. The van der Waals surface area contributed by atoms with E-state index in [0.717, 1.165) is 5.56 Å². The minimum Gasteiger partial charge on any atom is -0.366 e. The third-order valence-electron chi connectivity index (χ3n) is 2.98. The molecule has 2 aromatic rings. The van der Waals surface area contributed by atoms with Crippen LogP contribution in [0.5, 0.6) is 0 Å². The van der Waals surface area contributed by atoms with Crippen LogP contribution in [0.15, 0.2) is 42.5 Å². The highest BCUT2D eigenvalue weighted by molar-refractivity contribution is 6.37. The van der Waals surface area contributed by atoms with E-state index in [4.69, 9.17) is 39.5 Å². The number of hydrogen-bond donors (Lipinski definition) is 0. The maximum atomic E-state index is 12.3. The van der Waals surface area contributed by atoms with Crippen LogP contribution in [-0.4, -0.2) is 11.9 Å². The van der Waals surface area contributed by atoms with E-state index in [-0.39, 0.29) is 5.78 Å². The van der Waals surface area contributed by atoms with Gasteiger partial charge in [-0.05, 0) is 42.8 Å². The summed E-state index contributed by atoms with van der Waals surface area (Å²) in [5.41, 5.74) is 1.35. The number of halogens is 3. The Balaban J connectivity index is 2.00. The van der Waals surface area contributed by atoms with Crippen LogP contribution in [0, 0.1) is 0 Å². The van der Waals surface area contributed by atoms with Gasteiger partial charge in [0.25, 0.3) is 0 Å². The Morgan fingerprint density at radius 1 is 1.05 bits per heavy atom. The van der Waals surface area contributed by atoms with Gasteiger partial charge in [0.15, 0.2) is 5.78 Å². The second kappa shape index (κ2) is 7.28. The van der Waals surface area contributed by atoms with Crippen LogP contribution in [0.2, 0.25) is 15.1 Å². The first-order valence-corrected chi connectivity index (χ1v) is 7.46. The summed E-state index contributed by atoms with van der Waals surface area (Å²) >= 11 is 17.7. The molecular weight excluding hydrogens is 331 g/mol. The van der Waals surface area contributed by atoms with Crippen LogP contribution in [-0.2, 0) is 11.3 Å². The van der Waals surface area contributed by atoms with Gasteiger partial charge in [0.05, 0.1) is 11.6 Å². The van der Waals surface area contributed by atoms with Crippen molar-refractivity contribution in [3.05, 3.63) is 68.7 Å². The minimum atomic E-state index is -0.598. The molecule has 110 valence electrons. The maximum Gasteiger partial charge on any atom is 0.192 e. The lowest BCUT2D eigenvalue weighted by atomic mass is 10.1. The molecule has 0 fully saturated rings. The van der Waals surface area contributed by atoms with Crippen LogP contribution in [0.25, 0.3) is 0 Å². The summed E-state index contributed by atoms with van der Waals surface area (Å²) in [7, 11) is 0. The average molecular weight is 344 g/mol. The first-order chi connectivity index (χ1) is 9.97. The van der Waals surface area contributed by atoms with Gasteiger partial charge in [-0.15, -0.1) is 0 Å². The molecule has 2 rings (SSSR count). The average Bonchev–Trinajstić information content (AvgIpc) is 2.45. The van der Waals surface area contributed by atoms with Gasteiger partial charge in [0.2, 0.25) is 0 Å². The zero-order chi connectivity index (χ0) is 15.4. The third-order valence-corrected chi connectivity index (χ3v) is 3.78. The molecule has 5 heteroatoms. The third kappa shape index (κ3) is 4.45. The Morgan fingerprint density at radius 3 is 2.29 bits per heavy atom. The monoisotopic (exact) mass is 342 g/mol. The molecule has 0 saturated heterocycles. The second-order valence-electron chi connectivity index (χ2n) is 4.57. The Morgan fingerprint density at radius 2 is 1.67 bits per heavy atom. The number of Topliss-reactive ketones (excluding diaryl/α,β-unsaturated/α-hetero) is 1. The van der Waals surface area contributed by atoms with Gasteiger partial charge >= 0.3 is 0 Å². The molecule has 0 aliphatic heterocycles. The van der Waals surface area contributed by atoms with E-state index >= 15 is 0 Å². The Bertz CT molecular complexity index is 638. The smallest absolute Gasteiger partial charge is 0.192 e. The summed E-state index contributed by atoms with van der Waals surface area (Å²) < 4.78 is 5.59. The molecule has 0 saturated carbocycles. The highest BCUT2D eigenvalue weighted by Gasteiger charge is 2.18. The zero-order valence-corrected chi connectivity index (χ0v) is 13.5. The highest BCUT2D eigenvalue weighted by atomic mass is 35.5. The molecule has 1 atom stereocenters. The Kier molecular flexibility index (Phi) is 5.65. The molecule has 0 spiro atoms. The van der Waals surface area contributed by atoms with Crippen LogP contribution in [0.1, 0.15) is 22.8 Å². The van der Waals surface area contributed by atoms with Crippen LogP contribution in [0.3, 0.4) is 0 Å². The van der Waals surface area contributed by atoms with Gasteiger partial charge in [-0.3, -0.25) is 4.79 Å². The van der Waals surface area contributed by atoms with Crippen molar-refractivity contribution in [1.29, 1.82) is 0 Å². The van der Waals surface area contributed by atoms with Crippen LogP contribution in [0.4, 0.5) is 0 Å². The molecule has 0 heterocycles. The fraction of sp³-hybridized carbons (Fsp3) is 0.188. The molecule has 0 radical (unpaired) electrons. The maximum absolute atomic E-state index is 12.3. The quantitative estimate of drug-likeness (QED) is 0.676. The van der Waals surface area contributed by atoms with Crippen molar-refractivity contribution in [2.45, 2.75) is 19.6 Å². The van der Waals surface area contributed by atoms with Gasteiger partial charge in [0.1, 0.15) is 6.10 Å². The summed E-state index contributed by atoms with van der Waals surface area (Å²) in [5.74, 6) is -0.175. The fourth-order valence-electron chi connectivity index (χ4n) is 1.79. The Labute approximate surface area is 138 Å². The lowest BCUT2D eigenvalue weighted by Gasteiger charge is -2.13. The van der Waals surface area contributed by atoms with Gasteiger partial charge in [-0.1, -0.05) is 46.9 Å². The number of carbonyl (C=O) groups excluding carboxylic acids is 1.